The van der Waals surface area contributed by atoms with Crippen LogP contribution in [0.3, 0.4) is 0 Å². The highest BCUT2D eigenvalue weighted by molar-refractivity contribution is 9.10. The van der Waals surface area contributed by atoms with Crippen LogP contribution in [0.5, 0.6) is 0 Å². The molecule has 6 heteroatoms. The second-order valence-corrected chi connectivity index (χ2v) is 5.56. The Morgan fingerprint density at radius 1 is 1.10 bits per heavy atom. The Kier molecular flexibility index (Phi) is 3.27. The summed E-state index contributed by atoms with van der Waals surface area (Å²) in [7, 11) is 0. The minimum atomic E-state index is -0.484. The van der Waals surface area contributed by atoms with Crippen LogP contribution >= 0.6 is 15.9 Å². The molecule has 1 heterocycles. The zero-order valence-corrected chi connectivity index (χ0v) is 12.4. The summed E-state index contributed by atoms with van der Waals surface area (Å²) < 4.78 is 0.524. The fourth-order valence-corrected chi connectivity index (χ4v) is 2.99. The number of nitrogens with one attached hydrogen (secondary N) is 1. The average Bonchev–Trinajstić information content (AvgIpc) is 2.78. The molecule has 0 spiro atoms. The molecule has 0 bridgehead atoms. The lowest BCUT2D eigenvalue weighted by molar-refractivity contribution is 0.0879. The van der Waals surface area contributed by atoms with E-state index in [1.807, 2.05) is 12.1 Å². The molecule has 0 aliphatic carbocycles. The van der Waals surface area contributed by atoms with Gasteiger partial charge in [-0.05, 0) is 33.1 Å². The summed E-state index contributed by atoms with van der Waals surface area (Å²) >= 11 is 3.32. The van der Waals surface area contributed by atoms with Gasteiger partial charge in [0.1, 0.15) is 0 Å². The van der Waals surface area contributed by atoms with E-state index < -0.39 is 11.8 Å². The van der Waals surface area contributed by atoms with Crippen LogP contribution < -0.4 is 11.1 Å². The Hall–Kier alpha value is -2.18. The van der Waals surface area contributed by atoms with Crippen LogP contribution in [-0.2, 0) is 6.61 Å². The molecule has 0 saturated carbocycles. The Morgan fingerprint density at radius 3 is 2.33 bits per heavy atom. The molecule has 0 aromatic heterocycles. The molecule has 21 heavy (non-hydrogen) atoms. The second kappa shape index (κ2) is 4.98. The molecule has 106 valence electrons. The minimum absolute atomic E-state index is 0.0411. The minimum Gasteiger partial charge on any atom is -0.398 e. The van der Waals surface area contributed by atoms with Gasteiger partial charge < -0.3 is 10.8 Å². The van der Waals surface area contributed by atoms with Crippen molar-refractivity contribution in [1.29, 1.82) is 0 Å². The van der Waals surface area contributed by atoms with E-state index in [1.54, 1.807) is 18.2 Å². The summed E-state index contributed by atoms with van der Waals surface area (Å²) in [5, 5.41) is 11.3. The molecule has 4 N–H and O–H groups in total. The number of fused-ring (bicyclic) bond motifs is 1. The van der Waals surface area contributed by atoms with Crippen molar-refractivity contribution in [1.82, 2.24) is 5.32 Å². The normalized spacial score (nSPS) is 13.2. The molecule has 0 unspecified atom stereocenters. The van der Waals surface area contributed by atoms with Crippen LogP contribution in [0, 0.1) is 0 Å². The Bertz CT molecular complexity index is 769. The Balaban J connectivity index is 2.21. The third kappa shape index (κ3) is 2.12. The number of carbonyl (C=O) groups excluding carboxylic acids is 2. The van der Waals surface area contributed by atoms with E-state index in [1.165, 1.54) is 0 Å². The van der Waals surface area contributed by atoms with Crippen LogP contribution in [-0.4, -0.2) is 16.9 Å². The Morgan fingerprint density at radius 2 is 1.71 bits per heavy atom. The van der Waals surface area contributed by atoms with Gasteiger partial charge in [-0.15, -0.1) is 0 Å². The zero-order valence-electron chi connectivity index (χ0n) is 10.8. The zero-order chi connectivity index (χ0) is 15.1. The molecule has 0 fully saturated rings. The average molecular weight is 347 g/mol. The lowest BCUT2D eigenvalue weighted by Gasteiger charge is -2.11. The van der Waals surface area contributed by atoms with Gasteiger partial charge in [0.15, 0.2) is 0 Å². The number of carbonyl (C=O) groups is 2. The maximum absolute atomic E-state index is 11.9. The maximum Gasteiger partial charge on any atom is 0.261 e. The third-order valence-electron chi connectivity index (χ3n) is 3.45. The Labute approximate surface area is 128 Å². The van der Waals surface area contributed by atoms with Crippen molar-refractivity contribution in [2.75, 3.05) is 5.73 Å². The number of benzene rings is 2. The molecule has 0 radical (unpaired) electrons. The van der Waals surface area contributed by atoms with Crippen molar-refractivity contribution in [3.05, 3.63) is 51.5 Å². The van der Waals surface area contributed by atoms with Crippen molar-refractivity contribution in [3.8, 4) is 11.1 Å². The molecular weight excluding hydrogens is 336 g/mol. The van der Waals surface area contributed by atoms with E-state index in [9.17, 15) is 9.59 Å². The highest BCUT2D eigenvalue weighted by Gasteiger charge is 2.32. The van der Waals surface area contributed by atoms with Crippen molar-refractivity contribution in [2.24, 2.45) is 0 Å². The number of rotatable bonds is 2. The van der Waals surface area contributed by atoms with Gasteiger partial charge in [0.2, 0.25) is 0 Å². The highest BCUT2D eigenvalue weighted by atomic mass is 79.9. The van der Waals surface area contributed by atoms with E-state index in [4.69, 9.17) is 10.8 Å². The highest BCUT2D eigenvalue weighted by Crippen LogP contribution is 2.37. The quantitative estimate of drug-likeness (QED) is 0.573. The van der Waals surface area contributed by atoms with Crippen molar-refractivity contribution in [3.63, 3.8) is 0 Å². The summed E-state index contributed by atoms with van der Waals surface area (Å²) in [6.07, 6.45) is 0. The fraction of sp³-hybridized carbons (Fsp3) is 0.0667. The van der Waals surface area contributed by atoms with Gasteiger partial charge in [-0.25, -0.2) is 0 Å². The van der Waals surface area contributed by atoms with Crippen molar-refractivity contribution >= 4 is 33.4 Å². The molecule has 2 amide bonds. The number of aliphatic hydroxyl groups excluding tert-OH is 1. The number of imide groups is 1. The summed E-state index contributed by atoms with van der Waals surface area (Å²) in [4.78, 5) is 23.6. The molecule has 0 atom stereocenters. The standard InChI is InChI=1S/C15H11BrN2O3/c16-10-5-9(8-3-1-7(6-19)2-4-8)13(17)12-11(10)14(20)18-15(12)21/h1-5,19H,6,17H2,(H,18,20,21). The number of anilines is 1. The number of halogens is 1. The monoisotopic (exact) mass is 346 g/mol. The predicted molar refractivity (Wildman–Crippen MR) is 81.7 cm³/mol. The van der Waals surface area contributed by atoms with E-state index >= 15 is 0 Å². The molecule has 2 aromatic carbocycles. The van der Waals surface area contributed by atoms with Gasteiger partial charge in [0, 0.05) is 10.0 Å². The SMILES string of the molecule is Nc1c(-c2ccc(CO)cc2)cc(Br)c2c1C(=O)NC2=O. The largest absolute Gasteiger partial charge is 0.398 e. The molecule has 2 aromatic rings. The van der Waals surface area contributed by atoms with Gasteiger partial charge in [-0.2, -0.15) is 0 Å². The topological polar surface area (TPSA) is 92.4 Å². The molecular formula is C15H11BrN2O3. The van der Waals surface area contributed by atoms with Gasteiger partial charge in [-0.1, -0.05) is 24.3 Å². The number of hydrogen-bond acceptors (Lipinski definition) is 4. The third-order valence-corrected chi connectivity index (χ3v) is 4.07. The van der Waals surface area contributed by atoms with E-state index in [0.29, 0.717) is 10.0 Å². The number of amides is 2. The lowest BCUT2D eigenvalue weighted by atomic mass is 9.96. The maximum atomic E-state index is 11.9. The van der Waals surface area contributed by atoms with Gasteiger partial charge in [-0.3, -0.25) is 14.9 Å². The van der Waals surface area contributed by atoms with E-state index in [-0.39, 0.29) is 23.4 Å². The number of nitrogen functional groups attached to an aromatic ring is 1. The van der Waals surface area contributed by atoms with Crippen LogP contribution in [0.25, 0.3) is 11.1 Å². The van der Waals surface area contributed by atoms with Gasteiger partial charge in [0.05, 0.1) is 23.4 Å². The second-order valence-electron chi connectivity index (χ2n) is 4.71. The number of aliphatic hydroxyl groups is 1. The number of nitrogens with two attached hydrogens (primary N) is 1. The van der Waals surface area contributed by atoms with Crippen LogP contribution in [0.2, 0.25) is 0 Å². The number of hydrogen-bond donors (Lipinski definition) is 3. The van der Waals surface area contributed by atoms with Crippen molar-refractivity contribution in [2.45, 2.75) is 6.61 Å². The molecule has 5 nitrogen and oxygen atoms in total. The molecule has 3 rings (SSSR count). The summed E-state index contributed by atoms with van der Waals surface area (Å²) in [5.74, 6) is -0.933. The van der Waals surface area contributed by atoms with Crippen LogP contribution in [0.4, 0.5) is 5.69 Å². The van der Waals surface area contributed by atoms with Gasteiger partial charge in [0.25, 0.3) is 11.8 Å². The van der Waals surface area contributed by atoms with Crippen LogP contribution in [0.1, 0.15) is 26.3 Å². The van der Waals surface area contributed by atoms with Crippen molar-refractivity contribution < 1.29 is 14.7 Å². The smallest absolute Gasteiger partial charge is 0.261 e. The predicted octanol–water partition coefficient (Wildman–Crippen LogP) is 2.07. The van der Waals surface area contributed by atoms with Crippen LogP contribution in [0.15, 0.2) is 34.8 Å². The molecule has 1 aliphatic rings. The lowest BCUT2D eigenvalue weighted by Crippen LogP contribution is -2.20. The first kappa shape index (κ1) is 13.8. The fourth-order valence-electron chi connectivity index (χ4n) is 2.38. The van der Waals surface area contributed by atoms with E-state index in [0.717, 1.165) is 11.1 Å². The van der Waals surface area contributed by atoms with Gasteiger partial charge >= 0.3 is 0 Å². The first-order chi connectivity index (χ1) is 10.0. The summed E-state index contributed by atoms with van der Waals surface area (Å²) in [6, 6.07) is 8.90. The first-order valence-electron chi connectivity index (χ1n) is 6.20. The summed E-state index contributed by atoms with van der Waals surface area (Å²) in [5.41, 5.74) is 9.07. The van der Waals surface area contributed by atoms with E-state index in [2.05, 4.69) is 21.2 Å². The molecule has 1 aliphatic heterocycles. The molecule has 0 saturated heterocycles. The summed E-state index contributed by atoms with van der Waals surface area (Å²) in [6.45, 7) is -0.0411. The first-order valence-corrected chi connectivity index (χ1v) is 7.00.